The summed E-state index contributed by atoms with van der Waals surface area (Å²) >= 11 is 0. The van der Waals surface area contributed by atoms with Crippen molar-refractivity contribution in [1.29, 1.82) is 0 Å². The van der Waals surface area contributed by atoms with Crippen LogP contribution in [0.4, 0.5) is 0 Å². The Kier molecular flexibility index (Phi) is 8.43. The van der Waals surface area contributed by atoms with Gasteiger partial charge in [-0.25, -0.2) is 4.79 Å². The van der Waals surface area contributed by atoms with Gasteiger partial charge in [0.05, 0.1) is 30.1 Å². The van der Waals surface area contributed by atoms with Gasteiger partial charge in [0.25, 0.3) is 0 Å². The highest BCUT2D eigenvalue weighted by Gasteiger charge is 2.18. The maximum atomic E-state index is 13.1. The third kappa shape index (κ3) is 6.21. The summed E-state index contributed by atoms with van der Waals surface area (Å²) in [6, 6.07) is 15.1. The largest absolute Gasteiger partial charge is 0.497 e. The third-order valence-corrected chi connectivity index (χ3v) is 6.18. The number of fused-ring (bicyclic) bond motifs is 2. The molecule has 0 fully saturated rings. The van der Waals surface area contributed by atoms with Gasteiger partial charge in [0, 0.05) is 12.0 Å². The van der Waals surface area contributed by atoms with Crippen LogP contribution in [0.3, 0.4) is 0 Å². The Morgan fingerprint density at radius 3 is 2.47 bits per heavy atom. The maximum absolute atomic E-state index is 13.1. The first-order chi connectivity index (χ1) is 18.4. The Hall–Kier alpha value is -4.59. The van der Waals surface area contributed by atoms with Crippen LogP contribution in [0.15, 0.2) is 69.9 Å². The van der Waals surface area contributed by atoms with Crippen LogP contribution in [0.2, 0.25) is 0 Å². The molecular weight excluding hydrogens is 488 g/mol. The normalized spacial score (nSPS) is 11.3. The Labute approximate surface area is 218 Å². The summed E-state index contributed by atoms with van der Waals surface area (Å²) in [6.07, 6.45) is 6.67. The van der Waals surface area contributed by atoms with E-state index >= 15 is 0 Å². The number of allylic oxidation sites excluding steroid dienone is 1. The van der Waals surface area contributed by atoms with Crippen molar-refractivity contribution in [3.8, 4) is 11.5 Å². The first-order valence-corrected chi connectivity index (χ1v) is 12.3. The first kappa shape index (κ1) is 26.5. The fraction of sp³-hybridized carbons (Fsp3) is 0.233. The van der Waals surface area contributed by atoms with Crippen molar-refractivity contribution in [3.63, 3.8) is 0 Å². The quantitative estimate of drug-likeness (QED) is 0.175. The average Bonchev–Trinajstić information content (AvgIpc) is 2.91. The third-order valence-electron chi connectivity index (χ3n) is 6.18. The van der Waals surface area contributed by atoms with Crippen molar-refractivity contribution < 1.29 is 33.7 Å². The smallest absolute Gasteiger partial charge is 0.335 e. The van der Waals surface area contributed by atoms with Gasteiger partial charge in [-0.05, 0) is 73.7 Å². The molecule has 2 N–H and O–H groups in total. The molecule has 1 aromatic heterocycles. The van der Waals surface area contributed by atoms with E-state index in [-0.39, 0.29) is 45.8 Å². The second kappa shape index (κ2) is 12.1. The van der Waals surface area contributed by atoms with Gasteiger partial charge in [-0.2, -0.15) is 0 Å². The standard InChI is InChI=1S/C30H28O8/c1-36-21-10-7-19(8-11-21)6-4-2-3-5-17-37-25-15-12-23-28(33)24-18-20(30(34)35)9-14-26(24)38-29(23)22(25)13-16-27(31)32/h4,6-12,14-15,18H,2-3,5,13,16-17H2,1H3,(H,31,32)(H,34,35). The van der Waals surface area contributed by atoms with Crippen LogP contribution in [0.25, 0.3) is 28.0 Å². The maximum Gasteiger partial charge on any atom is 0.335 e. The molecule has 3 aromatic carbocycles. The van der Waals surface area contributed by atoms with Crippen LogP contribution < -0.4 is 14.9 Å². The monoisotopic (exact) mass is 516 g/mol. The number of methoxy groups -OCH3 is 1. The van der Waals surface area contributed by atoms with Gasteiger partial charge < -0.3 is 24.1 Å². The number of carboxylic acid groups (broad SMARTS) is 2. The minimum Gasteiger partial charge on any atom is -0.497 e. The van der Waals surface area contributed by atoms with Gasteiger partial charge >= 0.3 is 11.9 Å². The molecule has 4 aromatic rings. The van der Waals surface area contributed by atoms with E-state index in [0.717, 1.165) is 30.6 Å². The van der Waals surface area contributed by atoms with Crippen LogP contribution in [-0.2, 0) is 11.2 Å². The molecule has 0 atom stereocenters. The lowest BCUT2D eigenvalue weighted by molar-refractivity contribution is -0.136. The summed E-state index contributed by atoms with van der Waals surface area (Å²) < 4.78 is 17.2. The van der Waals surface area contributed by atoms with Gasteiger partial charge in [-0.1, -0.05) is 24.3 Å². The predicted octanol–water partition coefficient (Wildman–Crippen LogP) is 5.93. The molecule has 0 amide bonds. The highest BCUT2D eigenvalue weighted by Crippen LogP contribution is 2.31. The van der Waals surface area contributed by atoms with E-state index in [1.165, 1.54) is 18.2 Å². The van der Waals surface area contributed by atoms with E-state index < -0.39 is 11.9 Å². The summed E-state index contributed by atoms with van der Waals surface area (Å²) in [7, 11) is 1.63. The number of carbonyl (C=O) groups is 2. The molecular formula is C30H28O8. The average molecular weight is 517 g/mol. The summed E-state index contributed by atoms with van der Waals surface area (Å²) in [5.74, 6) is -0.841. The molecule has 0 aliphatic heterocycles. The van der Waals surface area contributed by atoms with E-state index in [1.807, 2.05) is 24.3 Å². The number of ether oxygens (including phenoxy) is 2. The molecule has 0 aliphatic rings. The topological polar surface area (TPSA) is 123 Å². The molecule has 4 rings (SSSR count). The molecule has 1 heterocycles. The van der Waals surface area contributed by atoms with E-state index in [2.05, 4.69) is 12.2 Å². The molecule has 0 bridgehead atoms. The second-order valence-corrected chi connectivity index (χ2v) is 8.78. The van der Waals surface area contributed by atoms with Crippen molar-refractivity contribution in [2.75, 3.05) is 13.7 Å². The van der Waals surface area contributed by atoms with Gasteiger partial charge in [-0.3, -0.25) is 9.59 Å². The summed E-state index contributed by atoms with van der Waals surface area (Å²) in [4.78, 5) is 35.8. The van der Waals surface area contributed by atoms with E-state index in [0.29, 0.717) is 17.9 Å². The highest BCUT2D eigenvalue weighted by atomic mass is 16.5. The molecule has 8 heteroatoms. The minimum absolute atomic E-state index is 0.0194. The van der Waals surface area contributed by atoms with Crippen molar-refractivity contribution >= 4 is 40.0 Å². The van der Waals surface area contributed by atoms with Crippen LogP contribution in [0, 0.1) is 0 Å². The minimum atomic E-state index is -1.14. The number of unbranched alkanes of at least 4 members (excludes halogenated alkanes) is 2. The number of hydrogen-bond acceptors (Lipinski definition) is 6. The van der Waals surface area contributed by atoms with Gasteiger partial charge in [0.15, 0.2) is 0 Å². The summed E-state index contributed by atoms with van der Waals surface area (Å²) in [5.41, 5.74) is 1.68. The van der Waals surface area contributed by atoms with Crippen LogP contribution in [0.5, 0.6) is 11.5 Å². The number of rotatable bonds is 12. The lowest BCUT2D eigenvalue weighted by Crippen LogP contribution is -2.08. The SMILES string of the molecule is COc1ccc(C=CCCCCOc2ccc3c(=O)c4cc(C(=O)O)ccc4oc3c2CCC(=O)O)cc1. The molecule has 0 spiro atoms. The van der Waals surface area contributed by atoms with E-state index in [9.17, 15) is 24.6 Å². The predicted molar refractivity (Wildman–Crippen MR) is 144 cm³/mol. The number of aliphatic carboxylic acids is 1. The fourth-order valence-corrected chi connectivity index (χ4v) is 4.17. The molecule has 8 nitrogen and oxygen atoms in total. The molecule has 0 unspecified atom stereocenters. The Balaban J connectivity index is 1.48. The van der Waals surface area contributed by atoms with Gasteiger partial charge in [0.1, 0.15) is 22.7 Å². The Morgan fingerprint density at radius 2 is 1.76 bits per heavy atom. The molecule has 196 valence electrons. The molecule has 0 aliphatic carbocycles. The molecule has 38 heavy (non-hydrogen) atoms. The first-order valence-electron chi connectivity index (χ1n) is 12.3. The summed E-state index contributed by atoms with van der Waals surface area (Å²) in [6.45, 7) is 0.418. The van der Waals surface area contributed by atoms with Crippen molar-refractivity contribution in [3.05, 3.63) is 87.6 Å². The molecule has 0 saturated heterocycles. The van der Waals surface area contributed by atoms with E-state index in [4.69, 9.17) is 13.9 Å². The Morgan fingerprint density at radius 1 is 0.974 bits per heavy atom. The van der Waals surface area contributed by atoms with Gasteiger partial charge in [-0.15, -0.1) is 0 Å². The molecule has 0 saturated carbocycles. The summed E-state index contributed by atoms with van der Waals surface area (Å²) in [5, 5.41) is 18.9. The zero-order valence-corrected chi connectivity index (χ0v) is 20.9. The highest BCUT2D eigenvalue weighted by molar-refractivity contribution is 5.97. The van der Waals surface area contributed by atoms with Crippen LogP contribution in [0.1, 0.15) is 47.2 Å². The van der Waals surface area contributed by atoms with Crippen molar-refractivity contribution in [1.82, 2.24) is 0 Å². The van der Waals surface area contributed by atoms with Gasteiger partial charge in [0.2, 0.25) is 5.43 Å². The Bertz CT molecular complexity index is 1550. The lowest BCUT2D eigenvalue weighted by atomic mass is 10.0. The second-order valence-electron chi connectivity index (χ2n) is 8.78. The molecule has 0 radical (unpaired) electrons. The van der Waals surface area contributed by atoms with Crippen molar-refractivity contribution in [2.24, 2.45) is 0 Å². The zero-order chi connectivity index (χ0) is 27.1. The van der Waals surface area contributed by atoms with E-state index in [1.54, 1.807) is 19.2 Å². The number of aromatic carboxylic acids is 1. The number of benzene rings is 3. The number of hydrogen-bond donors (Lipinski definition) is 2. The zero-order valence-electron chi connectivity index (χ0n) is 20.9. The van der Waals surface area contributed by atoms with Crippen LogP contribution in [-0.4, -0.2) is 35.9 Å². The van der Waals surface area contributed by atoms with Crippen molar-refractivity contribution in [2.45, 2.75) is 32.1 Å². The fourth-order valence-electron chi connectivity index (χ4n) is 4.17. The number of carboxylic acids is 2. The lowest BCUT2D eigenvalue weighted by Gasteiger charge is -2.13. The number of aryl methyl sites for hydroxylation is 1. The van der Waals surface area contributed by atoms with Crippen LogP contribution >= 0.6 is 0 Å².